The maximum Gasteiger partial charge on any atom is 0.0752 e. The van der Waals surface area contributed by atoms with Crippen molar-refractivity contribution in [2.24, 2.45) is 5.92 Å². The Hall–Kier alpha value is -0.770. The first-order valence-electron chi connectivity index (χ1n) is 5.21. The second-order valence-corrected chi connectivity index (χ2v) is 4.76. The monoisotopic (exact) mass is 271 g/mol. The summed E-state index contributed by atoms with van der Waals surface area (Å²) in [7, 11) is 0. The van der Waals surface area contributed by atoms with Crippen molar-refractivity contribution in [2.75, 3.05) is 11.1 Å². The molecule has 1 aromatic heterocycles. The predicted molar refractivity (Wildman–Crippen MR) is 68.9 cm³/mol. The standard InChI is InChI=1S/C11H18BrN3/c1-4-7(2)8(3)15-11-9(12)5-14-6-10(11)13/h5-8H,4,13H2,1-3H3,(H,14,15). The molecule has 3 N–H and O–H groups in total. The Balaban J connectivity index is 2.80. The molecular formula is C11H18BrN3. The molecule has 2 atom stereocenters. The van der Waals surface area contributed by atoms with Gasteiger partial charge in [-0.05, 0) is 28.8 Å². The molecule has 15 heavy (non-hydrogen) atoms. The molecule has 1 aromatic rings. The number of anilines is 2. The van der Waals surface area contributed by atoms with E-state index in [1.807, 2.05) is 0 Å². The third-order valence-electron chi connectivity index (χ3n) is 2.80. The normalized spacial score (nSPS) is 14.7. The SMILES string of the molecule is CCC(C)C(C)Nc1c(N)cncc1Br. The summed E-state index contributed by atoms with van der Waals surface area (Å²) in [5.74, 6) is 0.615. The van der Waals surface area contributed by atoms with Crippen LogP contribution in [0.25, 0.3) is 0 Å². The van der Waals surface area contributed by atoms with Crippen LogP contribution in [0.2, 0.25) is 0 Å². The summed E-state index contributed by atoms with van der Waals surface area (Å²) in [6.45, 7) is 6.58. The maximum atomic E-state index is 5.86. The van der Waals surface area contributed by atoms with E-state index in [4.69, 9.17) is 5.73 Å². The van der Waals surface area contributed by atoms with Crippen molar-refractivity contribution in [3.05, 3.63) is 16.9 Å². The number of nitrogens with two attached hydrogens (primary N) is 1. The molecule has 0 radical (unpaired) electrons. The van der Waals surface area contributed by atoms with Crippen LogP contribution in [0.4, 0.5) is 11.4 Å². The van der Waals surface area contributed by atoms with Crippen LogP contribution >= 0.6 is 15.9 Å². The topological polar surface area (TPSA) is 50.9 Å². The van der Waals surface area contributed by atoms with Gasteiger partial charge in [0.05, 0.1) is 22.0 Å². The van der Waals surface area contributed by atoms with Gasteiger partial charge in [0.15, 0.2) is 0 Å². The van der Waals surface area contributed by atoms with Crippen molar-refractivity contribution in [2.45, 2.75) is 33.2 Å². The summed E-state index contributed by atoms with van der Waals surface area (Å²) in [4.78, 5) is 4.00. The molecule has 4 heteroatoms. The second kappa shape index (κ2) is 5.35. The summed E-state index contributed by atoms with van der Waals surface area (Å²) in [5.41, 5.74) is 7.48. The molecule has 84 valence electrons. The third kappa shape index (κ3) is 3.09. The Labute approximate surface area is 99.6 Å². The molecule has 0 bridgehead atoms. The van der Waals surface area contributed by atoms with Crippen LogP contribution in [-0.4, -0.2) is 11.0 Å². The van der Waals surface area contributed by atoms with E-state index in [-0.39, 0.29) is 0 Å². The highest BCUT2D eigenvalue weighted by Gasteiger charge is 2.13. The Morgan fingerprint density at radius 1 is 1.47 bits per heavy atom. The van der Waals surface area contributed by atoms with Gasteiger partial charge in [0.2, 0.25) is 0 Å². The fraction of sp³-hybridized carbons (Fsp3) is 0.545. The Morgan fingerprint density at radius 3 is 2.67 bits per heavy atom. The van der Waals surface area contributed by atoms with Gasteiger partial charge in [-0.1, -0.05) is 20.3 Å². The van der Waals surface area contributed by atoms with E-state index in [1.165, 1.54) is 0 Å². The number of hydrogen-bond donors (Lipinski definition) is 2. The summed E-state index contributed by atoms with van der Waals surface area (Å²) >= 11 is 3.44. The zero-order chi connectivity index (χ0) is 11.4. The Morgan fingerprint density at radius 2 is 2.13 bits per heavy atom. The number of halogens is 1. The molecule has 1 heterocycles. The number of hydrogen-bond acceptors (Lipinski definition) is 3. The number of nitrogen functional groups attached to an aromatic ring is 1. The molecule has 0 aliphatic heterocycles. The van der Waals surface area contributed by atoms with Crippen LogP contribution < -0.4 is 11.1 Å². The Bertz CT molecular complexity index is 307. The highest BCUT2D eigenvalue weighted by molar-refractivity contribution is 9.10. The van der Waals surface area contributed by atoms with Crippen molar-refractivity contribution < 1.29 is 0 Å². The fourth-order valence-corrected chi connectivity index (χ4v) is 1.79. The van der Waals surface area contributed by atoms with Crippen LogP contribution in [0, 0.1) is 5.92 Å². The maximum absolute atomic E-state index is 5.86. The van der Waals surface area contributed by atoms with Gasteiger partial charge in [-0.15, -0.1) is 0 Å². The number of aromatic nitrogens is 1. The van der Waals surface area contributed by atoms with Gasteiger partial charge in [0.25, 0.3) is 0 Å². The highest BCUT2D eigenvalue weighted by atomic mass is 79.9. The molecule has 3 nitrogen and oxygen atoms in total. The lowest BCUT2D eigenvalue weighted by Gasteiger charge is -2.22. The van der Waals surface area contributed by atoms with Crippen LogP contribution in [0.1, 0.15) is 27.2 Å². The van der Waals surface area contributed by atoms with Gasteiger partial charge in [0.1, 0.15) is 0 Å². The first-order chi connectivity index (χ1) is 7.06. The minimum absolute atomic E-state index is 0.399. The number of pyridine rings is 1. The molecule has 0 saturated heterocycles. The van der Waals surface area contributed by atoms with E-state index < -0.39 is 0 Å². The summed E-state index contributed by atoms with van der Waals surface area (Å²) in [6.07, 6.45) is 4.56. The minimum Gasteiger partial charge on any atom is -0.396 e. The average molecular weight is 272 g/mol. The molecule has 0 aliphatic carbocycles. The van der Waals surface area contributed by atoms with Gasteiger partial charge in [0, 0.05) is 12.2 Å². The summed E-state index contributed by atoms with van der Waals surface area (Å²) in [6, 6.07) is 0.399. The van der Waals surface area contributed by atoms with Crippen molar-refractivity contribution >= 4 is 27.3 Å². The number of nitrogens with zero attached hydrogens (tertiary/aromatic N) is 1. The van der Waals surface area contributed by atoms with Crippen LogP contribution in [-0.2, 0) is 0 Å². The fourth-order valence-electron chi connectivity index (χ4n) is 1.33. The van der Waals surface area contributed by atoms with E-state index in [9.17, 15) is 0 Å². The molecule has 0 spiro atoms. The minimum atomic E-state index is 0.399. The zero-order valence-corrected chi connectivity index (χ0v) is 11.0. The van der Waals surface area contributed by atoms with Gasteiger partial charge >= 0.3 is 0 Å². The highest BCUT2D eigenvalue weighted by Crippen LogP contribution is 2.28. The quantitative estimate of drug-likeness (QED) is 0.884. The molecule has 2 unspecified atom stereocenters. The number of rotatable bonds is 4. The average Bonchev–Trinajstić information content (AvgIpc) is 2.22. The van der Waals surface area contributed by atoms with E-state index in [2.05, 4.69) is 47.0 Å². The van der Waals surface area contributed by atoms with E-state index in [0.29, 0.717) is 17.6 Å². The third-order valence-corrected chi connectivity index (χ3v) is 3.40. The molecule has 0 aromatic carbocycles. The lowest BCUT2D eigenvalue weighted by atomic mass is 10.0. The predicted octanol–water partition coefficient (Wildman–Crippen LogP) is 3.27. The summed E-state index contributed by atoms with van der Waals surface area (Å²) in [5, 5.41) is 3.42. The molecule has 1 rings (SSSR count). The van der Waals surface area contributed by atoms with Crippen molar-refractivity contribution in [3.8, 4) is 0 Å². The molecule has 0 saturated carbocycles. The van der Waals surface area contributed by atoms with Gasteiger partial charge in [-0.25, -0.2) is 0 Å². The second-order valence-electron chi connectivity index (χ2n) is 3.90. The first kappa shape index (κ1) is 12.3. The van der Waals surface area contributed by atoms with Crippen molar-refractivity contribution in [1.29, 1.82) is 0 Å². The van der Waals surface area contributed by atoms with E-state index in [0.717, 1.165) is 16.6 Å². The zero-order valence-electron chi connectivity index (χ0n) is 9.42. The number of nitrogens with one attached hydrogen (secondary N) is 1. The van der Waals surface area contributed by atoms with E-state index >= 15 is 0 Å². The first-order valence-corrected chi connectivity index (χ1v) is 6.01. The van der Waals surface area contributed by atoms with Crippen molar-refractivity contribution in [1.82, 2.24) is 4.98 Å². The van der Waals surface area contributed by atoms with Crippen LogP contribution in [0.15, 0.2) is 16.9 Å². The lowest BCUT2D eigenvalue weighted by Crippen LogP contribution is -2.24. The van der Waals surface area contributed by atoms with Crippen LogP contribution in [0.5, 0.6) is 0 Å². The van der Waals surface area contributed by atoms with Gasteiger partial charge in [-0.3, -0.25) is 4.98 Å². The smallest absolute Gasteiger partial charge is 0.0752 e. The van der Waals surface area contributed by atoms with E-state index in [1.54, 1.807) is 12.4 Å². The van der Waals surface area contributed by atoms with Crippen molar-refractivity contribution in [3.63, 3.8) is 0 Å². The van der Waals surface area contributed by atoms with Gasteiger partial charge in [-0.2, -0.15) is 0 Å². The molecule has 0 aliphatic rings. The Kier molecular flexibility index (Phi) is 4.39. The summed E-state index contributed by atoms with van der Waals surface area (Å²) < 4.78 is 0.914. The van der Waals surface area contributed by atoms with Crippen LogP contribution in [0.3, 0.4) is 0 Å². The lowest BCUT2D eigenvalue weighted by molar-refractivity contribution is 0.494. The molecule has 0 fully saturated rings. The molecule has 0 amide bonds. The largest absolute Gasteiger partial charge is 0.396 e. The van der Waals surface area contributed by atoms with Gasteiger partial charge < -0.3 is 11.1 Å². The molecular weight excluding hydrogens is 254 g/mol.